The van der Waals surface area contributed by atoms with Crippen molar-refractivity contribution in [1.29, 1.82) is 0 Å². The lowest BCUT2D eigenvalue weighted by Gasteiger charge is -2.28. The predicted molar refractivity (Wildman–Crippen MR) is 222 cm³/mol. The summed E-state index contributed by atoms with van der Waals surface area (Å²) in [5.74, 6) is 0.779. The van der Waals surface area contributed by atoms with Crippen LogP contribution in [0, 0.1) is 0 Å². The Hall–Kier alpha value is -7.24. The Labute approximate surface area is 311 Å². The molecule has 0 radical (unpaired) electrons. The molecule has 2 aromatic heterocycles. The fourth-order valence-electron chi connectivity index (χ4n) is 8.24. The average molecular weight is 696 g/mol. The van der Waals surface area contributed by atoms with Gasteiger partial charge in [-0.1, -0.05) is 133 Å². The van der Waals surface area contributed by atoms with E-state index < -0.39 is 0 Å². The molecule has 8 aromatic carbocycles. The molecule has 0 saturated carbocycles. The lowest BCUT2D eigenvalue weighted by atomic mass is 10.0. The van der Waals surface area contributed by atoms with Crippen LogP contribution in [0.25, 0.3) is 60.6 Å². The largest absolute Gasteiger partial charge is 0.464 e. The first kappa shape index (κ1) is 30.4. The summed E-state index contributed by atoms with van der Waals surface area (Å²) in [6.07, 6.45) is -0.252. The predicted octanol–water partition coefficient (Wildman–Crippen LogP) is 13.3. The molecule has 1 unspecified atom stereocenters. The number of anilines is 4. The zero-order valence-electron chi connectivity index (χ0n) is 29.2. The number of hydrogen-bond donors (Lipinski definition) is 1. The van der Waals surface area contributed by atoms with Gasteiger partial charge in [-0.2, -0.15) is 0 Å². The Morgan fingerprint density at radius 3 is 2.02 bits per heavy atom. The molecule has 5 nitrogen and oxygen atoms in total. The van der Waals surface area contributed by atoms with Gasteiger partial charge in [0.25, 0.3) is 0 Å². The maximum Gasteiger partial charge on any atom is 0.196 e. The summed E-state index contributed by atoms with van der Waals surface area (Å²) >= 11 is 0. The van der Waals surface area contributed by atoms with Crippen LogP contribution in [0.5, 0.6) is 5.75 Å². The number of nitrogens with zero attached hydrogens (tertiary/aromatic N) is 2. The molecule has 1 N–H and O–H groups in total. The Balaban J connectivity index is 1.18. The molecule has 0 fully saturated rings. The molecule has 54 heavy (non-hydrogen) atoms. The molecule has 10 aromatic rings. The standard InChI is InChI=1S/C49H33N3O2/c1-4-16-32(17-5-1)35-22-10-12-25-40(35)52(43-28-15-27-42-47(43)37-23-11-13-26-41(37)51(42)34-20-8-3-9-21-34)44-29-14-24-36-38-30-39-46(31-45(38)53-48(36)44)54-49(50-39)33-18-6-2-7-19-33/h1-31,49-50H. The second kappa shape index (κ2) is 12.2. The molecule has 5 heteroatoms. The van der Waals surface area contributed by atoms with E-state index in [0.717, 1.165) is 89.2 Å². The molecule has 0 amide bonds. The maximum atomic E-state index is 6.94. The van der Waals surface area contributed by atoms with Crippen molar-refractivity contribution in [2.75, 3.05) is 10.2 Å². The first-order valence-corrected chi connectivity index (χ1v) is 18.3. The number of benzene rings is 8. The van der Waals surface area contributed by atoms with Crippen molar-refractivity contribution in [1.82, 2.24) is 4.57 Å². The molecule has 3 heterocycles. The minimum absolute atomic E-state index is 0.252. The van der Waals surface area contributed by atoms with Gasteiger partial charge in [-0.05, 0) is 54.1 Å². The van der Waals surface area contributed by atoms with E-state index >= 15 is 0 Å². The second-order valence-electron chi connectivity index (χ2n) is 13.7. The molecule has 0 bridgehead atoms. The first-order chi connectivity index (χ1) is 26.8. The van der Waals surface area contributed by atoms with Crippen LogP contribution in [0.3, 0.4) is 0 Å². The van der Waals surface area contributed by atoms with Crippen LogP contribution in [0.1, 0.15) is 11.8 Å². The summed E-state index contributed by atoms with van der Waals surface area (Å²) in [5.41, 5.74) is 12.4. The highest BCUT2D eigenvalue weighted by Gasteiger charge is 2.28. The van der Waals surface area contributed by atoms with Crippen LogP contribution in [0.4, 0.5) is 22.7 Å². The number of fused-ring (bicyclic) bond motifs is 7. The van der Waals surface area contributed by atoms with Gasteiger partial charge in [-0.25, -0.2) is 0 Å². The summed E-state index contributed by atoms with van der Waals surface area (Å²) in [4.78, 5) is 2.39. The number of rotatable bonds is 6. The van der Waals surface area contributed by atoms with E-state index in [9.17, 15) is 0 Å². The summed E-state index contributed by atoms with van der Waals surface area (Å²) < 4.78 is 15.7. The van der Waals surface area contributed by atoms with Gasteiger partial charge in [0.05, 0.1) is 33.8 Å². The van der Waals surface area contributed by atoms with Gasteiger partial charge in [-0.3, -0.25) is 0 Å². The molecular formula is C49H33N3O2. The Morgan fingerprint density at radius 2 is 1.17 bits per heavy atom. The lowest BCUT2D eigenvalue weighted by Crippen LogP contribution is -2.12. The normalized spacial score (nSPS) is 13.7. The number of furan rings is 1. The second-order valence-corrected chi connectivity index (χ2v) is 13.7. The van der Waals surface area contributed by atoms with Gasteiger partial charge in [0, 0.05) is 44.4 Å². The molecular weight excluding hydrogens is 663 g/mol. The number of ether oxygens (including phenoxy) is 1. The van der Waals surface area contributed by atoms with Crippen LogP contribution in [0.15, 0.2) is 192 Å². The third-order valence-electron chi connectivity index (χ3n) is 10.6. The van der Waals surface area contributed by atoms with Gasteiger partial charge in [0.15, 0.2) is 11.8 Å². The molecule has 1 atom stereocenters. The molecule has 1 aliphatic rings. The van der Waals surface area contributed by atoms with Crippen molar-refractivity contribution < 1.29 is 9.15 Å². The highest BCUT2D eigenvalue weighted by molar-refractivity contribution is 6.19. The summed E-state index contributed by atoms with van der Waals surface area (Å²) in [6.45, 7) is 0. The van der Waals surface area contributed by atoms with E-state index in [0.29, 0.717) is 0 Å². The zero-order chi connectivity index (χ0) is 35.6. The van der Waals surface area contributed by atoms with Crippen LogP contribution in [-0.2, 0) is 0 Å². The number of para-hydroxylation sites is 4. The van der Waals surface area contributed by atoms with E-state index in [2.05, 4.69) is 179 Å². The Morgan fingerprint density at radius 1 is 0.519 bits per heavy atom. The van der Waals surface area contributed by atoms with E-state index in [1.165, 1.54) is 5.39 Å². The van der Waals surface area contributed by atoms with Crippen molar-refractivity contribution in [2.45, 2.75) is 6.23 Å². The molecule has 0 saturated heterocycles. The van der Waals surface area contributed by atoms with Gasteiger partial charge < -0.3 is 23.9 Å². The van der Waals surface area contributed by atoms with Crippen LogP contribution in [0.2, 0.25) is 0 Å². The Bertz CT molecular complexity index is 3000. The summed E-state index contributed by atoms with van der Waals surface area (Å²) in [6, 6.07) is 66.2. The van der Waals surface area contributed by atoms with Gasteiger partial charge >= 0.3 is 0 Å². The number of nitrogens with one attached hydrogen (secondary N) is 1. The summed E-state index contributed by atoms with van der Waals surface area (Å²) in [5, 5.41) is 8.00. The van der Waals surface area contributed by atoms with Gasteiger partial charge in [-0.15, -0.1) is 0 Å². The van der Waals surface area contributed by atoms with Gasteiger partial charge in [0.1, 0.15) is 11.3 Å². The molecule has 0 spiro atoms. The topological polar surface area (TPSA) is 42.6 Å². The van der Waals surface area contributed by atoms with Crippen molar-refractivity contribution in [3.63, 3.8) is 0 Å². The van der Waals surface area contributed by atoms with Crippen LogP contribution in [-0.4, -0.2) is 4.57 Å². The van der Waals surface area contributed by atoms with Crippen molar-refractivity contribution in [3.05, 3.63) is 194 Å². The lowest BCUT2D eigenvalue weighted by molar-refractivity contribution is 0.260. The Kier molecular flexibility index (Phi) is 6.85. The van der Waals surface area contributed by atoms with Crippen LogP contribution < -0.4 is 15.0 Å². The quantitative estimate of drug-likeness (QED) is 0.188. The smallest absolute Gasteiger partial charge is 0.196 e. The molecule has 0 aliphatic carbocycles. The van der Waals surface area contributed by atoms with E-state index in [1.807, 2.05) is 24.3 Å². The van der Waals surface area contributed by atoms with Crippen LogP contribution >= 0.6 is 0 Å². The average Bonchev–Trinajstić information content (AvgIpc) is 3.93. The molecule has 11 rings (SSSR count). The number of aromatic nitrogens is 1. The highest BCUT2D eigenvalue weighted by Crippen LogP contribution is 2.50. The van der Waals surface area contributed by atoms with Crippen molar-refractivity contribution in [3.8, 4) is 22.6 Å². The van der Waals surface area contributed by atoms with E-state index in [4.69, 9.17) is 9.15 Å². The van der Waals surface area contributed by atoms with Gasteiger partial charge in [0.2, 0.25) is 0 Å². The first-order valence-electron chi connectivity index (χ1n) is 18.3. The minimum Gasteiger partial charge on any atom is -0.464 e. The molecule has 256 valence electrons. The fourth-order valence-corrected chi connectivity index (χ4v) is 8.24. The monoisotopic (exact) mass is 695 g/mol. The van der Waals surface area contributed by atoms with E-state index in [1.54, 1.807) is 0 Å². The van der Waals surface area contributed by atoms with Crippen molar-refractivity contribution in [2.24, 2.45) is 0 Å². The summed E-state index contributed by atoms with van der Waals surface area (Å²) in [7, 11) is 0. The van der Waals surface area contributed by atoms with E-state index in [-0.39, 0.29) is 6.23 Å². The SMILES string of the molecule is c1ccc(-c2ccccc2N(c2cccc3c2oc2cc4c(cc23)NC(c2ccccc2)O4)c2cccc3c2c2ccccc2n3-c2ccccc2)cc1. The molecule has 1 aliphatic heterocycles. The fraction of sp³-hybridized carbons (Fsp3) is 0.0204. The third-order valence-corrected chi connectivity index (χ3v) is 10.6. The minimum atomic E-state index is -0.252. The van der Waals surface area contributed by atoms with Crippen molar-refractivity contribution >= 4 is 66.5 Å². The zero-order valence-corrected chi connectivity index (χ0v) is 29.2. The highest BCUT2D eigenvalue weighted by atomic mass is 16.5. The number of hydrogen-bond acceptors (Lipinski definition) is 4. The maximum absolute atomic E-state index is 6.94. The third kappa shape index (κ3) is 4.72.